The van der Waals surface area contributed by atoms with Crippen molar-refractivity contribution in [3.8, 4) is 0 Å². The van der Waals surface area contributed by atoms with Crippen molar-refractivity contribution in [3.63, 3.8) is 0 Å². The van der Waals surface area contributed by atoms with Crippen molar-refractivity contribution in [1.29, 1.82) is 0 Å². The summed E-state index contributed by atoms with van der Waals surface area (Å²) in [7, 11) is 2.43. The van der Waals surface area contributed by atoms with Gasteiger partial charge in [0.1, 0.15) is 6.04 Å². The van der Waals surface area contributed by atoms with Crippen LogP contribution in [0.2, 0.25) is 0 Å². The molecule has 0 saturated heterocycles. The molecule has 2 N–H and O–H groups in total. The van der Waals surface area contributed by atoms with Crippen molar-refractivity contribution in [3.05, 3.63) is 0 Å². The predicted molar refractivity (Wildman–Crippen MR) is 58.2 cm³/mol. The van der Waals surface area contributed by atoms with E-state index in [2.05, 4.69) is 9.47 Å². The predicted octanol–water partition coefficient (Wildman–Crippen LogP) is -1.62. The highest BCUT2D eigenvalue weighted by Gasteiger charge is 2.29. The average molecular weight is 249 g/mol. The molecular weight excluding hydrogens is 230 g/mol. The molecule has 0 aliphatic heterocycles. The monoisotopic (exact) mass is 249 g/mol. The molecule has 0 aromatic heterocycles. The molecular formula is C10H19NO6. The van der Waals surface area contributed by atoms with Crippen LogP contribution >= 0.6 is 0 Å². The molecule has 0 aromatic carbocycles. The average Bonchev–Trinajstić information content (AvgIpc) is 2.34. The zero-order valence-electron chi connectivity index (χ0n) is 10.1. The molecule has 1 atom stereocenters. The molecule has 1 unspecified atom stereocenters. The van der Waals surface area contributed by atoms with Gasteiger partial charge in [-0.25, -0.2) is 0 Å². The van der Waals surface area contributed by atoms with Gasteiger partial charge in [0.05, 0.1) is 33.9 Å². The number of carbonyl (C=O) groups excluding carboxylic acids is 2. The lowest BCUT2D eigenvalue weighted by atomic mass is 10.1. The standard InChI is InChI=1S/C10H19NO6/c1-16-9(14)7-8(10(15)17-2)11(3-5-12)4-6-13/h8,12-13H,3-7H2,1-2H3. The van der Waals surface area contributed by atoms with Crippen LogP contribution in [0.5, 0.6) is 0 Å². The highest BCUT2D eigenvalue weighted by molar-refractivity contribution is 5.82. The van der Waals surface area contributed by atoms with Crippen LogP contribution in [-0.4, -0.2) is 73.6 Å². The molecule has 17 heavy (non-hydrogen) atoms. The van der Waals surface area contributed by atoms with E-state index in [1.54, 1.807) is 0 Å². The minimum Gasteiger partial charge on any atom is -0.469 e. The Kier molecular flexibility index (Phi) is 8.29. The van der Waals surface area contributed by atoms with E-state index in [0.717, 1.165) is 0 Å². The molecule has 7 nitrogen and oxygen atoms in total. The molecule has 0 aliphatic carbocycles. The summed E-state index contributed by atoms with van der Waals surface area (Å²) in [6.07, 6.45) is -0.177. The molecule has 0 rings (SSSR count). The number of aliphatic hydroxyl groups is 2. The third-order valence-corrected chi connectivity index (χ3v) is 2.28. The van der Waals surface area contributed by atoms with E-state index < -0.39 is 18.0 Å². The van der Waals surface area contributed by atoms with Gasteiger partial charge in [0.25, 0.3) is 0 Å². The van der Waals surface area contributed by atoms with Gasteiger partial charge in [0.15, 0.2) is 0 Å². The summed E-state index contributed by atoms with van der Waals surface area (Å²) in [6.45, 7) is -0.0437. The van der Waals surface area contributed by atoms with Crippen molar-refractivity contribution in [2.24, 2.45) is 0 Å². The lowest BCUT2D eigenvalue weighted by Crippen LogP contribution is -2.46. The number of hydrogen-bond acceptors (Lipinski definition) is 7. The van der Waals surface area contributed by atoms with Crippen LogP contribution in [-0.2, 0) is 19.1 Å². The SMILES string of the molecule is COC(=O)CC(C(=O)OC)N(CCO)CCO. The summed E-state index contributed by atoms with van der Waals surface area (Å²) in [4.78, 5) is 24.2. The van der Waals surface area contributed by atoms with E-state index in [4.69, 9.17) is 10.2 Å². The van der Waals surface area contributed by atoms with Crippen LogP contribution in [0.15, 0.2) is 0 Å². The third kappa shape index (κ3) is 5.62. The number of nitrogens with zero attached hydrogens (tertiary/aromatic N) is 1. The molecule has 0 saturated carbocycles. The molecule has 0 radical (unpaired) electrons. The van der Waals surface area contributed by atoms with Gasteiger partial charge in [-0.1, -0.05) is 0 Å². The largest absolute Gasteiger partial charge is 0.469 e. The Morgan fingerprint density at radius 2 is 1.65 bits per heavy atom. The maximum atomic E-state index is 11.5. The first-order valence-corrected chi connectivity index (χ1v) is 5.21. The van der Waals surface area contributed by atoms with Crippen LogP contribution in [0, 0.1) is 0 Å². The first-order valence-electron chi connectivity index (χ1n) is 5.21. The van der Waals surface area contributed by atoms with E-state index in [9.17, 15) is 9.59 Å². The first-order chi connectivity index (χ1) is 8.10. The van der Waals surface area contributed by atoms with Crippen molar-refractivity contribution in [1.82, 2.24) is 4.90 Å². The van der Waals surface area contributed by atoms with Crippen molar-refractivity contribution < 1.29 is 29.3 Å². The maximum absolute atomic E-state index is 11.5. The molecule has 0 spiro atoms. The molecule has 0 amide bonds. The van der Waals surface area contributed by atoms with Gasteiger partial charge in [-0.05, 0) is 0 Å². The van der Waals surface area contributed by atoms with Crippen LogP contribution in [0.3, 0.4) is 0 Å². The summed E-state index contributed by atoms with van der Waals surface area (Å²) >= 11 is 0. The van der Waals surface area contributed by atoms with Crippen LogP contribution in [0.25, 0.3) is 0 Å². The Labute approximate surface area is 99.9 Å². The van der Waals surface area contributed by atoms with Gasteiger partial charge >= 0.3 is 11.9 Å². The van der Waals surface area contributed by atoms with Crippen molar-refractivity contribution in [2.75, 3.05) is 40.5 Å². The Morgan fingerprint density at radius 3 is 2.00 bits per heavy atom. The molecule has 0 aromatic rings. The molecule has 0 fully saturated rings. The van der Waals surface area contributed by atoms with Gasteiger partial charge in [0, 0.05) is 13.1 Å². The number of methoxy groups -OCH3 is 2. The summed E-state index contributed by atoms with van der Waals surface area (Å²) in [5, 5.41) is 17.7. The molecule has 0 heterocycles. The first kappa shape index (κ1) is 15.8. The minimum absolute atomic E-state index is 0.164. The van der Waals surface area contributed by atoms with E-state index in [-0.39, 0.29) is 32.7 Å². The fourth-order valence-electron chi connectivity index (χ4n) is 1.42. The number of hydrogen-bond donors (Lipinski definition) is 2. The van der Waals surface area contributed by atoms with E-state index in [1.165, 1.54) is 19.1 Å². The number of ether oxygens (including phenoxy) is 2. The highest BCUT2D eigenvalue weighted by atomic mass is 16.5. The second-order valence-corrected chi connectivity index (χ2v) is 3.30. The van der Waals surface area contributed by atoms with Gasteiger partial charge < -0.3 is 19.7 Å². The third-order valence-electron chi connectivity index (χ3n) is 2.28. The fraction of sp³-hybridized carbons (Fsp3) is 0.800. The molecule has 7 heteroatoms. The lowest BCUT2D eigenvalue weighted by molar-refractivity contribution is -0.154. The van der Waals surface area contributed by atoms with Gasteiger partial charge in [-0.3, -0.25) is 14.5 Å². The summed E-state index contributed by atoms with van der Waals surface area (Å²) in [5.74, 6) is -1.15. The van der Waals surface area contributed by atoms with Crippen LogP contribution in [0.4, 0.5) is 0 Å². The van der Waals surface area contributed by atoms with Gasteiger partial charge in [-0.2, -0.15) is 0 Å². The smallest absolute Gasteiger partial charge is 0.323 e. The Hall–Kier alpha value is -1.18. The van der Waals surface area contributed by atoms with Crippen LogP contribution < -0.4 is 0 Å². The zero-order valence-corrected chi connectivity index (χ0v) is 10.1. The van der Waals surface area contributed by atoms with Gasteiger partial charge in [-0.15, -0.1) is 0 Å². The quantitative estimate of drug-likeness (QED) is 0.499. The van der Waals surface area contributed by atoms with E-state index >= 15 is 0 Å². The second-order valence-electron chi connectivity index (χ2n) is 3.30. The number of aliphatic hydroxyl groups excluding tert-OH is 2. The maximum Gasteiger partial charge on any atom is 0.323 e. The molecule has 0 aliphatic rings. The lowest BCUT2D eigenvalue weighted by Gasteiger charge is -2.27. The van der Waals surface area contributed by atoms with Crippen molar-refractivity contribution in [2.45, 2.75) is 12.5 Å². The Balaban J connectivity index is 4.71. The summed E-state index contributed by atoms with van der Waals surface area (Å²) in [6, 6.07) is -0.855. The number of carbonyl (C=O) groups is 2. The zero-order chi connectivity index (χ0) is 13.3. The van der Waals surface area contributed by atoms with Crippen LogP contribution in [0.1, 0.15) is 6.42 Å². The minimum atomic E-state index is -0.855. The molecule has 0 bridgehead atoms. The van der Waals surface area contributed by atoms with Crippen molar-refractivity contribution >= 4 is 11.9 Å². The number of rotatable bonds is 8. The Morgan fingerprint density at radius 1 is 1.12 bits per heavy atom. The van der Waals surface area contributed by atoms with E-state index in [0.29, 0.717) is 0 Å². The van der Waals surface area contributed by atoms with Gasteiger partial charge in [0.2, 0.25) is 0 Å². The Bertz CT molecular complexity index is 239. The normalized spacial score (nSPS) is 12.3. The van der Waals surface area contributed by atoms with E-state index in [1.807, 2.05) is 0 Å². The fourth-order valence-corrected chi connectivity index (χ4v) is 1.42. The summed E-state index contributed by atoms with van der Waals surface area (Å²) < 4.78 is 9.06. The second kappa shape index (κ2) is 8.91. The number of esters is 2. The summed E-state index contributed by atoms with van der Waals surface area (Å²) in [5.41, 5.74) is 0. The topological polar surface area (TPSA) is 96.3 Å². The highest BCUT2D eigenvalue weighted by Crippen LogP contribution is 2.07. The molecule has 100 valence electrons.